The van der Waals surface area contributed by atoms with Crippen LogP contribution in [0.4, 0.5) is 0 Å². The van der Waals surface area contributed by atoms with Crippen molar-refractivity contribution in [2.24, 2.45) is 0 Å². The highest BCUT2D eigenvalue weighted by Crippen LogP contribution is 2.12. The van der Waals surface area contributed by atoms with Crippen molar-refractivity contribution in [3.63, 3.8) is 0 Å². The standard InChI is InChI=1S/C18H29N/c1-4-6-7-8-9-10-18(19-5-2)15-17-13-11-16(3)12-14-17/h4,11-14,18-19H,1,5-10,15H2,2-3H3. The Morgan fingerprint density at radius 1 is 1.16 bits per heavy atom. The molecule has 0 aliphatic rings. The third kappa shape index (κ3) is 7.17. The average molecular weight is 259 g/mol. The zero-order chi connectivity index (χ0) is 13.9. The zero-order valence-corrected chi connectivity index (χ0v) is 12.6. The Labute approximate surface area is 119 Å². The van der Waals surface area contributed by atoms with Gasteiger partial charge in [0, 0.05) is 6.04 Å². The summed E-state index contributed by atoms with van der Waals surface area (Å²) in [6.07, 6.45) is 9.53. The maximum atomic E-state index is 3.77. The van der Waals surface area contributed by atoms with Crippen molar-refractivity contribution in [1.29, 1.82) is 0 Å². The number of hydrogen-bond acceptors (Lipinski definition) is 1. The van der Waals surface area contributed by atoms with Crippen LogP contribution in [-0.4, -0.2) is 12.6 Å². The van der Waals surface area contributed by atoms with Gasteiger partial charge in [0.1, 0.15) is 0 Å². The molecule has 0 aliphatic carbocycles. The normalized spacial score (nSPS) is 12.3. The van der Waals surface area contributed by atoms with E-state index in [0.717, 1.165) is 19.4 Å². The molecule has 1 N–H and O–H groups in total. The van der Waals surface area contributed by atoms with Crippen molar-refractivity contribution in [3.05, 3.63) is 48.0 Å². The number of nitrogens with one attached hydrogen (secondary N) is 1. The molecule has 0 saturated heterocycles. The van der Waals surface area contributed by atoms with Gasteiger partial charge in [-0.2, -0.15) is 0 Å². The van der Waals surface area contributed by atoms with Crippen LogP contribution in [0, 0.1) is 6.92 Å². The van der Waals surface area contributed by atoms with Gasteiger partial charge in [0.2, 0.25) is 0 Å². The van der Waals surface area contributed by atoms with Crippen LogP contribution in [0.3, 0.4) is 0 Å². The van der Waals surface area contributed by atoms with Gasteiger partial charge in [-0.05, 0) is 44.7 Å². The number of likely N-dealkylation sites (N-methyl/N-ethyl adjacent to an activating group) is 1. The van der Waals surface area contributed by atoms with Gasteiger partial charge < -0.3 is 5.32 Å². The highest BCUT2D eigenvalue weighted by atomic mass is 14.9. The van der Waals surface area contributed by atoms with Gasteiger partial charge in [0.05, 0.1) is 0 Å². The molecule has 0 aliphatic heterocycles. The lowest BCUT2D eigenvalue weighted by atomic mass is 9.99. The van der Waals surface area contributed by atoms with Crippen molar-refractivity contribution in [1.82, 2.24) is 5.32 Å². The lowest BCUT2D eigenvalue weighted by Gasteiger charge is -2.18. The number of rotatable bonds is 10. The molecule has 0 radical (unpaired) electrons. The second kappa shape index (κ2) is 9.80. The fourth-order valence-electron chi connectivity index (χ4n) is 2.43. The maximum Gasteiger partial charge on any atom is 0.0107 e. The van der Waals surface area contributed by atoms with E-state index in [0.29, 0.717) is 6.04 Å². The zero-order valence-electron chi connectivity index (χ0n) is 12.6. The van der Waals surface area contributed by atoms with Crippen molar-refractivity contribution >= 4 is 0 Å². The highest BCUT2D eigenvalue weighted by Gasteiger charge is 2.07. The first-order chi connectivity index (χ1) is 9.26. The van der Waals surface area contributed by atoms with Crippen molar-refractivity contribution in [2.45, 2.75) is 58.4 Å². The first-order valence-corrected chi connectivity index (χ1v) is 7.66. The number of benzene rings is 1. The summed E-state index contributed by atoms with van der Waals surface area (Å²) in [5.41, 5.74) is 2.79. The minimum absolute atomic E-state index is 0.622. The van der Waals surface area contributed by atoms with Crippen LogP contribution in [0.2, 0.25) is 0 Å². The van der Waals surface area contributed by atoms with Gasteiger partial charge in [-0.25, -0.2) is 0 Å². The molecule has 1 rings (SSSR count). The minimum Gasteiger partial charge on any atom is -0.314 e. The summed E-state index contributed by atoms with van der Waals surface area (Å²) in [7, 11) is 0. The van der Waals surface area contributed by atoms with Gasteiger partial charge in [-0.15, -0.1) is 6.58 Å². The second-order valence-electron chi connectivity index (χ2n) is 5.37. The Hall–Kier alpha value is -1.08. The van der Waals surface area contributed by atoms with Crippen LogP contribution < -0.4 is 5.32 Å². The van der Waals surface area contributed by atoms with E-state index in [-0.39, 0.29) is 0 Å². The van der Waals surface area contributed by atoms with Gasteiger partial charge in [0.25, 0.3) is 0 Å². The molecule has 106 valence electrons. The fourth-order valence-corrected chi connectivity index (χ4v) is 2.43. The minimum atomic E-state index is 0.622. The Bertz CT molecular complexity index is 339. The average Bonchev–Trinajstić information content (AvgIpc) is 2.41. The molecular weight excluding hydrogens is 230 g/mol. The van der Waals surface area contributed by atoms with E-state index in [1.807, 2.05) is 6.08 Å². The summed E-state index contributed by atoms with van der Waals surface area (Å²) in [6, 6.07) is 9.57. The predicted molar refractivity (Wildman–Crippen MR) is 85.6 cm³/mol. The number of unbranched alkanes of at least 4 members (excludes halogenated alkanes) is 3. The van der Waals surface area contributed by atoms with E-state index >= 15 is 0 Å². The first-order valence-electron chi connectivity index (χ1n) is 7.66. The molecule has 19 heavy (non-hydrogen) atoms. The number of aryl methyl sites for hydroxylation is 1. The SMILES string of the molecule is C=CCCCCCC(Cc1ccc(C)cc1)NCC. The summed E-state index contributed by atoms with van der Waals surface area (Å²) in [5, 5.41) is 3.62. The van der Waals surface area contributed by atoms with E-state index in [9.17, 15) is 0 Å². The first kappa shape index (κ1) is 16.0. The summed E-state index contributed by atoms with van der Waals surface area (Å²) >= 11 is 0. The highest BCUT2D eigenvalue weighted by molar-refractivity contribution is 5.22. The van der Waals surface area contributed by atoms with Gasteiger partial charge in [-0.1, -0.05) is 55.7 Å². The van der Waals surface area contributed by atoms with E-state index in [2.05, 4.69) is 50.0 Å². The molecule has 1 nitrogen and oxygen atoms in total. The van der Waals surface area contributed by atoms with Crippen molar-refractivity contribution < 1.29 is 0 Å². The third-order valence-electron chi connectivity index (χ3n) is 3.56. The number of allylic oxidation sites excluding steroid dienone is 1. The number of hydrogen-bond donors (Lipinski definition) is 1. The van der Waals surface area contributed by atoms with Crippen LogP contribution in [0.25, 0.3) is 0 Å². The Balaban J connectivity index is 2.34. The lowest BCUT2D eigenvalue weighted by molar-refractivity contribution is 0.464. The molecule has 0 bridgehead atoms. The molecule has 1 aromatic rings. The maximum absolute atomic E-state index is 3.77. The molecular formula is C18H29N. The second-order valence-corrected chi connectivity index (χ2v) is 5.37. The van der Waals surface area contributed by atoms with Gasteiger partial charge in [-0.3, -0.25) is 0 Å². The molecule has 0 heterocycles. The molecule has 0 saturated carbocycles. The molecule has 0 aromatic heterocycles. The Morgan fingerprint density at radius 2 is 1.89 bits per heavy atom. The quantitative estimate of drug-likeness (QED) is 0.476. The molecule has 1 heteroatoms. The molecule has 1 aromatic carbocycles. The monoisotopic (exact) mass is 259 g/mol. The van der Waals surface area contributed by atoms with Crippen LogP contribution in [0.1, 0.15) is 50.2 Å². The van der Waals surface area contributed by atoms with Crippen LogP contribution >= 0.6 is 0 Å². The third-order valence-corrected chi connectivity index (χ3v) is 3.56. The lowest BCUT2D eigenvalue weighted by Crippen LogP contribution is -2.30. The van der Waals surface area contributed by atoms with Crippen LogP contribution in [0.5, 0.6) is 0 Å². The topological polar surface area (TPSA) is 12.0 Å². The molecule has 0 fully saturated rings. The van der Waals surface area contributed by atoms with Gasteiger partial charge in [0.15, 0.2) is 0 Å². The smallest absolute Gasteiger partial charge is 0.0107 e. The predicted octanol–water partition coefficient (Wildman–Crippen LogP) is 4.65. The summed E-state index contributed by atoms with van der Waals surface area (Å²) < 4.78 is 0. The summed E-state index contributed by atoms with van der Waals surface area (Å²) in [6.45, 7) is 9.17. The largest absolute Gasteiger partial charge is 0.314 e. The van der Waals surface area contributed by atoms with Crippen LogP contribution in [0.15, 0.2) is 36.9 Å². The van der Waals surface area contributed by atoms with E-state index in [1.54, 1.807) is 0 Å². The Kier molecular flexibility index (Phi) is 8.24. The van der Waals surface area contributed by atoms with E-state index in [4.69, 9.17) is 0 Å². The molecule has 1 atom stereocenters. The summed E-state index contributed by atoms with van der Waals surface area (Å²) in [5.74, 6) is 0. The molecule has 1 unspecified atom stereocenters. The molecule has 0 amide bonds. The van der Waals surface area contributed by atoms with E-state index in [1.165, 1.54) is 36.8 Å². The van der Waals surface area contributed by atoms with Crippen LogP contribution in [-0.2, 0) is 6.42 Å². The Morgan fingerprint density at radius 3 is 2.53 bits per heavy atom. The fraction of sp³-hybridized carbons (Fsp3) is 0.556. The molecule has 0 spiro atoms. The van der Waals surface area contributed by atoms with Crippen molar-refractivity contribution in [2.75, 3.05) is 6.54 Å². The van der Waals surface area contributed by atoms with Crippen molar-refractivity contribution in [3.8, 4) is 0 Å². The van der Waals surface area contributed by atoms with E-state index < -0.39 is 0 Å². The van der Waals surface area contributed by atoms with Gasteiger partial charge >= 0.3 is 0 Å². The summed E-state index contributed by atoms with van der Waals surface area (Å²) in [4.78, 5) is 0.